The molecule has 236 valence electrons. The Kier molecular flexibility index (Phi) is 13.1. The second kappa shape index (κ2) is 14.9. The molecule has 0 aliphatic heterocycles. The van der Waals surface area contributed by atoms with Gasteiger partial charge in [0, 0.05) is 0 Å². The van der Waals surface area contributed by atoms with Crippen molar-refractivity contribution in [3.05, 3.63) is 67.8 Å². The van der Waals surface area contributed by atoms with Crippen LogP contribution in [0.5, 0.6) is 0 Å². The summed E-state index contributed by atoms with van der Waals surface area (Å²) in [6.07, 6.45) is -21.6. The Labute approximate surface area is 241 Å². The summed E-state index contributed by atoms with van der Waals surface area (Å²) in [5, 5.41) is 0. The van der Waals surface area contributed by atoms with Gasteiger partial charge in [0.05, 0.1) is 0 Å². The van der Waals surface area contributed by atoms with E-state index in [2.05, 4.69) is 12.3 Å². The first-order chi connectivity index (χ1) is 19.0. The van der Waals surface area contributed by atoms with Gasteiger partial charge in [0.15, 0.2) is 0 Å². The maximum atomic E-state index is 12.1. The molecule has 0 atom stereocenters. The van der Waals surface area contributed by atoms with Gasteiger partial charge in [0.25, 0.3) is 0 Å². The van der Waals surface area contributed by atoms with Crippen molar-refractivity contribution in [2.24, 2.45) is 0 Å². The number of benzene rings is 2. The van der Waals surface area contributed by atoms with Crippen LogP contribution >= 0.6 is 41.3 Å². The van der Waals surface area contributed by atoms with E-state index < -0.39 is 89.9 Å². The molecule has 2 rings (SSSR count). The van der Waals surface area contributed by atoms with E-state index in [0.29, 0.717) is 0 Å². The third-order valence-electron chi connectivity index (χ3n) is 3.31. The van der Waals surface area contributed by atoms with Crippen LogP contribution in [0.2, 0.25) is 0 Å². The summed E-state index contributed by atoms with van der Waals surface area (Å²) in [6.45, 7) is 0. The fourth-order valence-corrected chi connectivity index (χ4v) is 7.33. The zero-order valence-corrected chi connectivity index (χ0v) is 23.6. The summed E-state index contributed by atoms with van der Waals surface area (Å²) in [4.78, 5) is 42.8. The number of hydrogen-bond acceptors (Lipinski definition) is 8. The molecule has 2 aromatic carbocycles. The quantitative estimate of drug-likeness (QED) is 0.231. The monoisotopic (exact) mass is 860 g/mol. The Morgan fingerprint density at radius 3 is 0.762 bits per heavy atom. The van der Waals surface area contributed by atoms with Crippen LogP contribution in [0.3, 0.4) is 0 Å². The number of alkyl halides is 12. The van der Waals surface area contributed by atoms with Gasteiger partial charge in [-0.25, -0.2) is 0 Å². The molecule has 0 saturated heterocycles. The molecular formula is C20H10F12I2O8. The third-order valence-corrected chi connectivity index (χ3v) is 9.98. The summed E-state index contributed by atoms with van der Waals surface area (Å²) in [5.74, 6) is -10.9. The predicted octanol–water partition coefficient (Wildman–Crippen LogP) is 6.81. The molecule has 0 fully saturated rings. The van der Waals surface area contributed by atoms with E-state index in [4.69, 9.17) is 0 Å². The van der Waals surface area contributed by atoms with Crippen molar-refractivity contribution >= 4 is 65.2 Å². The minimum absolute atomic E-state index is 0.211. The molecule has 0 unspecified atom stereocenters. The number of carbonyl (C=O) groups is 4. The molecule has 0 aromatic heterocycles. The Morgan fingerprint density at radius 1 is 0.405 bits per heavy atom. The van der Waals surface area contributed by atoms with E-state index in [9.17, 15) is 71.9 Å². The molecule has 0 saturated carbocycles. The second-order valence-corrected chi connectivity index (χ2v) is 13.2. The van der Waals surface area contributed by atoms with Gasteiger partial charge in [-0.05, 0) is 0 Å². The van der Waals surface area contributed by atoms with Crippen LogP contribution in [0.4, 0.5) is 52.7 Å². The van der Waals surface area contributed by atoms with Crippen molar-refractivity contribution in [3.63, 3.8) is 0 Å². The Hall–Kier alpha value is -3.06. The van der Waals surface area contributed by atoms with Gasteiger partial charge in [0.1, 0.15) is 0 Å². The van der Waals surface area contributed by atoms with Crippen LogP contribution in [0, 0.1) is 7.14 Å². The molecule has 0 radical (unpaired) electrons. The Balaban J connectivity index is 0.000000420. The van der Waals surface area contributed by atoms with Gasteiger partial charge in [-0.2, -0.15) is 0 Å². The first kappa shape index (κ1) is 37.0. The normalized spacial score (nSPS) is 12.6. The van der Waals surface area contributed by atoms with Crippen LogP contribution in [0.25, 0.3) is 0 Å². The molecule has 22 heteroatoms. The molecule has 8 nitrogen and oxygen atoms in total. The van der Waals surface area contributed by atoms with Crippen molar-refractivity contribution in [1.82, 2.24) is 0 Å². The van der Waals surface area contributed by atoms with Gasteiger partial charge < -0.3 is 0 Å². The van der Waals surface area contributed by atoms with Crippen molar-refractivity contribution in [2.75, 3.05) is 0 Å². The maximum absolute atomic E-state index is 12.1. The van der Waals surface area contributed by atoms with Gasteiger partial charge >= 0.3 is 242 Å². The topological polar surface area (TPSA) is 105 Å². The second-order valence-electron chi connectivity index (χ2n) is 6.48. The zero-order valence-electron chi connectivity index (χ0n) is 19.3. The van der Waals surface area contributed by atoms with Gasteiger partial charge in [0.2, 0.25) is 0 Å². The first-order valence-electron chi connectivity index (χ1n) is 9.72. The molecule has 0 amide bonds. The molecule has 0 bridgehead atoms. The molecule has 42 heavy (non-hydrogen) atoms. The molecule has 0 spiro atoms. The molecule has 0 heterocycles. The van der Waals surface area contributed by atoms with Crippen LogP contribution in [0.15, 0.2) is 60.7 Å². The van der Waals surface area contributed by atoms with Gasteiger partial charge in [-0.1, -0.05) is 0 Å². The number of hydrogen-bond donors (Lipinski definition) is 0. The van der Waals surface area contributed by atoms with Gasteiger partial charge in [-0.15, -0.1) is 0 Å². The van der Waals surface area contributed by atoms with E-state index in [0.717, 1.165) is 24.3 Å². The van der Waals surface area contributed by atoms with E-state index in [1.807, 2.05) is 0 Å². The Bertz CT molecular complexity index is 1060. The summed E-state index contributed by atoms with van der Waals surface area (Å²) in [7, 11) is 0. The van der Waals surface area contributed by atoms with E-state index in [1.54, 1.807) is 0 Å². The number of carbonyl (C=O) groups excluding carboxylic acids is 4. The van der Waals surface area contributed by atoms with Crippen LogP contribution in [0.1, 0.15) is 0 Å². The molecule has 0 N–H and O–H groups in total. The number of rotatable bonds is 6. The SMILES string of the molecule is O=C(OI(OC(=O)C(F)(F)F)c1ccccc1)C(F)(F)F.O=C(OI(OC(=O)C(F)(F)F)c1ccccc1)C(F)(F)F. The third kappa shape index (κ3) is 12.8. The molecule has 0 aliphatic carbocycles. The average Bonchev–Trinajstić information content (AvgIpc) is 2.86. The standard InChI is InChI=1S/2C10H5F6IO4/c2*11-9(12,13)7(18)20-17(6-4-2-1-3-5-6)21-8(19)10(14,15)16/h2*1-5H. The minimum atomic E-state index is -5.41. The van der Waals surface area contributed by atoms with Crippen molar-refractivity contribution in [3.8, 4) is 0 Å². The predicted molar refractivity (Wildman–Crippen MR) is 127 cm³/mol. The molecular weight excluding hydrogens is 850 g/mol. The van der Waals surface area contributed by atoms with E-state index in [1.165, 1.54) is 36.4 Å². The van der Waals surface area contributed by atoms with Crippen molar-refractivity contribution in [1.29, 1.82) is 0 Å². The molecule has 2 aromatic rings. The van der Waals surface area contributed by atoms with Crippen molar-refractivity contribution in [2.45, 2.75) is 24.7 Å². The first-order valence-corrected chi connectivity index (χ1v) is 15.4. The van der Waals surface area contributed by atoms with E-state index >= 15 is 0 Å². The summed E-state index contributed by atoms with van der Waals surface area (Å²) in [5.41, 5.74) is 0. The summed E-state index contributed by atoms with van der Waals surface area (Å²) < 4.78 is 160. The summed E-state index contributed by atoms with van der Waals surface area (Å²) >= 11 is -8.50. The van der Waals surface area contributed by atoms with Crippen molar-refractivity contribution < 1.29 is 84.1 Å². The van der Waals surface area contributed by atoms with Crippen LogP contribution < -0.4 is 0 Å². The van der Waals surface area contributed by atoms with Crippen LogP contribution in [-0.2, 0) is 31.4 Å². The van der Waals surface area contributed by atoms with Gasteiger partial charge in [-0.3, -0.25) is 0 Å². The van der Waals surface area contributed by atoms with Crippen LogP contribution in [-0.4, -0.2) is 48.6 Å². The molecule has 0 aliphatic rings. The fraction of sp³-hybridized carbons (Fsp3) is 0.200. The average molecular weight is 860 g/mol. The zero-order chi connectivity index (χ0) is 32.5. The Morgan fingerprint density at radius 2 is 0.595 bits per heavy atom. The summed E-state index contributed by atoms with van der Waals surface area (Å²) in [6, 6.07) is 12.4. The number of halogens is 14. The van der Waals surface area contributed by atoms with E-state index in [-0.39, 0.29) is 7.14 Å². The fourth-order valence-electron chi connectivity index (χ4n) is 1.67.